The number of Topliss-reactive ketones (excluding diaryl/α,β-unsaturated/α-hetero) is 1. The van der Waals surface area contributed by atoms with Crippen LogP contribution >= 0.6 is 0 Å². The van der Waals surface area contributed by atoms with E-state index in [4.69, 9.17) is 4.42 Å². The Kier molecular flexibility index (Phi) is 7.21. The van der Waals surface area contributed by atoms with Crippen molar-refractivity contribution in [2.45, 2.75) is 77.0 Å². The second kappa shape index (κ2) is 11.0. The van der Waals surface area contributed by atoms with Crippen LogP contribution in [0.2, 0.25) is 0 Å². The quantitative estimate of drug-likeness (QED) is 0.180. The number of benzene rings is 2. The van der Waals surface area contributed by atoms with Gasteiger partial charge in [0.1, 0.15) is 0 Å². The summed E-state index contributed by atoms with van der Waals surface area (Å²) in [6, 6.07) is 22.6. The van der Waals surface area contributed by atoms with Crippen LogP contribution in [-0.2, 0) is 6.54 Å². The lowest BCUT2D eigenvalue weighted by molar-refractivity contribution is -0.174. The second-order valence-electron chi connectivity index (χ2n) is 15.8. The lowest BCUT2D eigenvalue weighted by Crippen LogP contribution is -2.67. The Balaban J connectivity index is 1.19. The van der Waals surface area contributed by atoms with Gasteiger partial charge in [-0.15, -0.1) is 0 Å². The van der Waals surface area contributed by atoms with E-state index in [1.807, 2.05) is 60.7 Å². The summed E-state index contributed by atoms with van der Waals surface area (Å²) in [6.07, 6.45) is 13.1. The van der Waals surface area contributed by atoms with Gasteiger partial charge in [-0.1, -0.05) is 80.6 Å². The van der Waals surface area contributed by atoms with Crippen molar-refractivity contribution in [2.75, 3.05) is 11.9 Å². The van der Waals surface area contributed by atoms with Crippen LogP contribution in [0.4, 0.5) is 10.5 Å². The fraction of sp³-hybridized carbons (Fsp3) is 0.463. The molecule has 7 nitrogen and oxygen atoms in total. The summed E-state index contributed by atoms with van der Waals surface area (Å²) in [6.45, 7) is 5.13. The van der Waals surface area contributed by atoms with Crippen LogP contribution in [0.1, 0.15) is 74.9 Å². The van der Waals surface area contributed by atoms with Crippen molar-refractivity contribution in [1.82, 2.24) is 4.90 Å². The number of nitrogens with one attached hydrogen (secondary N) is 1. The van der Waals surface area contributed by atoms with Crippen LogP contribution in [-0.4, -0.2) is 45.2 Å². The highest BCUT2D eigenvalue weighted by atomic mass is 16.3. The molecular weight excluding hydrogens is 600 g/mol. The minimum Gasteiger partial charge on any atom is -0.461 e. The van der Waals surface area contributed by atoms with Crippen LogP contribution in [0.25, 0.3) is 0 Å². The Morgan fingerprint density at radius 2 is 1.56 bits per heavy atom. The molecule has 0 radical (unpaired) electrons. The van der Waals surface area contributed by atoms with Crippen LogP contribution in [0, 0.1) is 33.5 Å². The molecule has 0 saturated heterocycles. The summed E-state index contributed by atoms with van der Waals surface area (Å²) in [4.78, 5) is 30.2. The van der Waals surface area contributed by atoms with Gasteiger partial charge in [-0.3, -0.25) is 4.79 Å². The lowest BCUT2D eigenvalue weighted by Gasteiger charge is -2.71. The Labute approximate surface area is 282 Å². The molecule has 3 N–H and O–H groups in total. The molecule has 1 unspecified atom stereocenters. The average Bonchev–Trinajstić information content (AvgIpc) is 3.72. The first-order valence-electron chi connectivity index (χ1n) is 17.6. The summed E-state index contributed by atoms with van der Waals surface area (Å²) in [5, 5.41) is 27.0. The number of aliphatic hydroxyl groups is 2. The molecule has 2 amide bonds. The van der Waals surface area contributed by atoms with E-state index in [2.05, 4.69) is 37.4 Å². The third kappa shape index (κ3) is 4.39. The number of furan rings is 1. The fourth-order valence-electron chi connectivity index (χ4n) is 11.2. The summed E-state index contributed by atoms with van der Waals surface area (Å²) in [5.41, 5.74) is -0.395. The topological polar surface area (TPSA) is 103 Å². The summed E-state index contributed by atoms with van der Waals surface area (Å²) < 4.78 is 5.71. The number of aliphatic hydroxyl groups excluding tert-OH is 1. The Morgan fingerprint density at radius 3 is 2.29 bits per heavy atom. The Bertz CT molecular complexity index is 1770. The highest BCUT2D eigenvalue weighted by molar-refractivity contribution is 6.08. The summed E-state index contributed by atoms with van der Waals surface area (Å²) >= 11 is 0. The van der Waals surface area contributed by atoms with Gasteiger partial charge in [0.15, 0.2) is 5.76 Å². The summed E-state index contributed by atoms with van der Waals surface area (Å²) in [5.74, 6) is 0.400. The molecule has 1 aromatic heterocycles. The van der Waals surface area contributed by atoms with Crippen LogP contribution < -0.4 is 5.32 Å². The first-order valence-corrected chi connectivity index (χ1v) is 17.6. The van der Waals surface area contributed by atoms with Crippen molar-refractivity contribution >= 4 is 17.5 Å². The van der Waals surface area contributed by atoms with Gasteiger partial charge in [-0.25, -0.2) is 4.79 Å². The highest BCUT2D eigenvalue weighted by Gasteiger charge is 2.74. The zero-order chi connectivity index (χ0) is 33.4. The number of urea groups is 1. The van der Waals surface area contributed by atoms with Gasteiger partial charge in [-0.2, -0.15) is 0 Å². The van der Waals surface area contributed by atoms with Gasteiger partial charge in [0.05, 0.1) is 24.5 Å². The monoisotopic (exact) mass is 646 g/mol. The number of nitrogens with zero attached hydrogens (tertiary/aromatic N) is 1. The number of allylic oxidation sites excluding steroid dienone is 4. The fourth-order valence-corrected chi connectivity index (χ4v) is 11.2. The lowest BCUT2D eigenvalue weighted by atomic mass is 9.32. The number of para-hydroxylation sites is 1. The molecule has 0 aliphatic heterocycles. The molecule has 1 heterocycles. The molecule has 7 heteroatoms. The maximum absolute atomic E-state index is 14.5. The number of anilines is 1. The van der Waals surface area contributed by atoms with Gasteiger partial charge >= 0.3 is 6.03 Å². The van der Waals surface area contributed by atoms with Crippen molar-refractivity contribution in [3.05, 3.63) is 114 Å². The molecule has 8 atom stereocenters. The zero-order valence-electron chi connectivity index (χ0n) is 27.9. The Hall–Kier alpha value is -3.94. The molecule has 2 spiro atoms. The third-order valence-corrected chi connectivity index (χ3v) is 13.7. The zero-order valence-corrected chi connectivity index (χ0v) is 27.9. The van der Waals surface area contributed by atoms with Crippen molar-refractivity contribution in [3.63, 3.8) is 0 Å². The van der Waals surface area contributed by atoms with Gasteiger partial charge in [-0.05, 0) is 92.0 Å². The SMILES string of the molecule is C[C@]12CC[C@H]3[C@]4(C=C[C@@]5(C=C4C(=O)c4ccco4)CC(O)CC[C@]35C)[C@@H]1CC[C@@]2(O)CN(Cc1ccccc1)C(=O)Nc1ccccc1. The van der Waals surface area contributed by atoms with E-state index in [9.17, 15) is 19.8 Å². The average molecular weight is 647 g/mol. The number of amides is 2. The molecule has 3 aromatic rings. The molecule has 2 aromatic carbocycles. The van der Waals surface area contributed by atoms with Crippen LogP contribution in [0.15, 0.2) is 107 Å². The number of ketones is 1. The van der Waals surface area contributed by atoms with E-state index < -0.39 is 27.9 Å². The predicted octanol–water partition coefficient (Wildman–Crippen LogP) is 7.79. The first kappa shape index (κ1) is 31.3. The molecule has 6 aliphatic carbocycles. The van der Waals surface area contributed by atoms with E-state index in [0.717, 1.165) is 43.2 Å². The smallest absolute Gasteiger partial charge is 0.322 e. The van der Waals surface area contributed by atoms with Crippen LogP contribution in [0.3, 0.4) is 0 Å². The van der Waals surface area contributed by atoms with Crippen LogP contribution in [0.5, 0.6) is 0 Å². The molecular formula is C41H46N2O5. The molecule has 48 heavy (non-hydrogen) atoms. The minimum absolute atomic E-state index is 0.0205. The molecule has 2 bridgehead atoms. The van der Waals surface area contributed by atoms with Gasteiger partial charge in [0, 0.05) is 34.1 Å². The number of carbonyl (C=O) groups is 2. The van der Waals surface area contributed by atoms with Crippen molar-refractivity contribution in [1.29, 1.82) is 0 Å². The van der Waals surface area contributed by atoms with E-state index in [0.29, 0.717) is 30.8 Å². The number of carbonyl (C=O) groups excluding carboxylic acids is 2. The van der Waals surface area contributed by atoms with E-state index in [-0.39, 0.29) is 35.6 Å². The van der Waals surface area contributed by atoms with E-state index >= 15 is 0 Å². The standard InChI is InChI=1S/C41H46N2O5/c1-37-18-15-30(44)24-39(37)21-22-41(31(25-39)35(45)32-14-9-23-48-32)33(37)16-19-38(2)34(41)17-20-40(38,47)27-43(26-28-10-5-3-6-11-28)36(46)42-29-12-7-4-8-13-29/h3-14,21-23,25,30,33-34,44,47H,15-20,24,26-27H2,1-2H3,(H,42,46)/t30?,33-,34-,37-,38+,39+,40-,41-/m1/s1. The van der Waals surface area contributed by atoms with Gasteiger partial charge in [0.25, 0.3) is 0 Å². The second-order valence-corrected chi connectivity index (χ2v) is 15.8. The van der Waals surface area contributed by atoms with E-state index in [1.165, 1.54) is 0 Å². The number of rotatable bonds is 7. The molecule has 9 rings (SSSR count). The molecule has 3 fully saturated rings. The minimum atomic E-state index is -1.18. The molecule has 3 saturated carbocycles. The van der Waals surface area contributed by atoms with Crippen molar-refractivity contribution in [2.24, 2.45) is 33.5 Å². The molecule has 250 valence electrons. The van der Waals surface area contributed by atoms with E-state index in [1.54, 1.807) is 23.3 Å². The van der Waals surface area contributed by atoms with Crippen molar-refractivity contribution < 1.29 is 24.2 Å². The summed E-state index contributed by atoms with van der Waals surface area (Å²) in [7, 11) is 0. The number of hydrogen-bond acceptors (Lipinski definition) is 5. The Morgan fingerprint density at radius 1 is 0.875 bits per heavy atom. The molecule has 6 aliphatic rings. The largest absolute Gasteiger partial charge is 0.461 e. The highest BCUT2D eigenvalue weighted by Crippen LogP contribution is 2.78. The van der Waals surface area contributed by atoms with Crippen molar-refractivity contribution in [3.8, 4) is 0 Å². The number of fused-ring (bicyclic) bond motifs is 1. The maximum Gasteiger partial charge on any atom is 0.322 e. The third-order valence-electron chi connectivity index (χ3n) is 13.7. The normalized spacial score (nSPS) is 37.6. The maximum atomic E-state index is 14.5. The van der Waals surface area contributed by atoms with Gasteiger partial charge in [0.2, 0.25) is 5.78 Å². The number of hydrogen-bond donors (Lipinski definition) is 3. The van der Waals surface area contributed by atoms with Gasteiger partial charge < -0.3 is 24.8 Å². The predicted molar refractivity (Wildman–Crippen MR) is 184 cm³/mol. The first-order chi connectivity index (χ1) is 23.0.